The summed E-state index contributed by atoms with van der Waals surface area (Å²) in [6.45, 7) is 3.92. The van der Waals surface area contributed by atoms with Crippen molar-refractivity contribution in [2.75, 3.05) is 7.11 Å². The number of nitrogens with zero attached hydrogens (tertiary/aromatic N) is 3. The van der Waals surface area contributed by atoms with Gasteiger partial charge in [-0.2, -0.15) is 0 Å². The molecule has 0 saturated heterocycles. The first kappa shape index (κ1) is 20.9. The molecule has 7 heteroatoms. The lowest BCUT2D eigenvalue weighted by Crippen LogP contribution is -2.38. The van der Waals surface area contributed by atoms with Crippen LogP contribution >= 0.6 is 11.8 Å². The summed E-state index contributed by atoms with van der Waals surface area (Å²) in [4.78, 5) is 12.6. The van der Waals surface area contributed by atoms with Gasteiger partial charge in [-0.15, -0.1) is 10.2 Å². The minimum absolute atomic E-state index is 0.00393. The Kier molecular flexibility index (Phi) is 7.30. The second-order valence-corrected chi connectivity index (χ2v) is 8.19. The first-order chi connectivity index (χ1) is 14.1. The van der Waals surface area contributed by atoms with E-state index in [1.807, 2.05) is 60.9 Å². The van der Waals surface area contributed by atoms with Gasteiger partial charge in [0.25, 0.3) is 0 Å². The predicted octanol–water partition coefficient (Wildman–Crippen LogP) is 3.89. The Labute approximate surface area is 175 Å². The Morgan fingerprint density at radius 3 is 2.72 bits per heavy atom. The fourth-order valence-corrected chi connectivity index (χ4v) is 3.77. The number of carbonyl (C=O) groups is 1. The molecule has 2 aromatic carbocycles. The van der Waals surface area contributed by atoms with Crippen LogP contribution < -0.4 is 10.1 Å². The summed E-state index contributed by atoms with van der Waals surface area (Å²) in [5, 5.41) is 11.7. The number of carbonyl (C=O) groups excluding carboxylic acids is 1. The van der Waals surface area contributed by atoms with Crippen LogP contribution in [-0.2, 0) is 11.2 Å². The Bertz CT molecular complexity index is 929. The third kappa shape index (κ3) is 5.84. The lowest BCUT2D eigenvalue weighted by atomic mass is 10.1. The normalized spacial score (nSPS) is 12.9. The molecule has 29 heavy (non-hydrogen) atoms. The number of methoxy groups -OCH3 is 1. The highest BCUT2D eigenvalue weighted by atomic mass is 32.2. The number of rotatable bonds is 9. The van der Waals surface area contributed by atoms with E-state index in [0.29, 0.717) is 5.16 Å². The third-order valence-electron chi connectivity index (χ3n) is 4.60. The van der Waals surface area contributed by atoms with Crippen LogP contribution in [0.5, 0.6) is 5.75 Å². The summed E-state index contributed by atoms with van der Waals surface area (Å²) >= 11 is 1.39. The Morgan fingerprint density at radius 2 is 1.97 bits per heavy atom. The summed E-state index contributed by atoms with van der Waals surface area (Å²) in [6, 6.07) is 18.1. The van der Waals surface area contributed by atoms with E-state index in [-0.39, 0.29) is 17.2 Å². The molecule has 3 rings (SSSR count). The molecule has 0 unspecified atom stereocenters. The minimum Gasteiger partial charge on any atom is -0.497 e. The van der Waals surface area contributed by atoms with Crippen molar-refractivity contribution in [2.45, 2.75) is 43.1 Å². The molecule has 0 aliphatic rings. The Balaban J connectivity index is 1.56. The van der Waals surface area contributed by atoms with E-state index in [9.17, 15) is 4.79 Å². The average Bonchev–Trinajstić information content (AvgIpc) is 3.21. The van der Waals surface area contributed by atoms with Gasteiger partial charge in [0, 0.05) is 12.1 Å². The largest absolute Gasteiger partial charge is 0.497 e. The van der Waals surface area contributed by atoms with Gasteiger partial charge in [0.15, 0.2) is 5.16 Å². The van der Waals surface area contributed by atoms with E-state index < -0.39 is 0 Å². The van der Waals surface area contributed by atoms with Gasteiger partial charge in [0.2, 0.25) is 5.91 Å². The molecule has 0 bridgehead atoms. The maximum absolute atomic E-state index is 12.6. The molecule has 3 aromatic rings. The fourth-order valence-electron chi connectivity index (χ4n) is 2.91. The molecule has 0 saturated carbocycles. The van der Waals surface area contributed by atoms with Crippen LogP contribution in [0.3, 0.4) is 0 Å². The van der Waals surface area contributed by atoms with E-state index in [0.717, 1.165) is 24.3 Å². The van der Waals surface area contributed by atoms with Crippen LogP contribution in [0.25, 0.3) is 5.69 Å². The number of nitrogens with one attached hydrogen (secondary N) is 1. The molecular weight excluding hydrogens is 384 g/mol. The molecule has 0 aliphatic heterocycles. The van der Waals surface area contributed by atoms with Gasteiger partial charge in [-0.3, -0.25) is 9.36 Å². The van der Waals surface area contributed by atoms with Gasteiger partial charge in [-0.1, -0.05) is 48.2 Å². The summed E-state index contributed by atoms with van der Waals surface area (Å²) < 4.78 is 7.14. The van der Waals surface area contributed by atoms with Crippen LogP contribution in [0, 0.1) is 0 Å². The molecule has 152 valence electrons. The van der Waals surface area contributed by atoms with Crippen molar-refractivity contribution >= 4 is 17.7 Å². The summed E-state index contributed by atoms with van der Waals surface area (Å²) in [6.07, 6.45) is 3.48. The van der Waals surface area contributed by atoms with E-state index in [4.69, 9.17) is 4.74 Å². The van der Waals surface area contributed by atoms with Crippen molar-refractivity contribution in [1.29, 1.82) is 0 Å². The number of aryl methyl sites for hydroxylation is 1. The first-order valence-corrected chi connectivity index (χ1v) is 10.5. The number of amides is 1. The van der Waals surface area contributed by atoms with Gasteiger partial charge in [0.05, 0.1) is 18.0 Å². The third-order valence-corrected chi connectivity index (χ3v) is 5.65. The van der Waals surface area contributed by atoms with Gasteiger partial charge in [-0.25, -0.2) is 0 Å². The van der Waals surface area contributed by atoms with Gasteiger partial charge in [0.1, 0.15) is 12.1 Å². The van der Waals surface area contributed by atoms with Crippen LogP contribution in [-0.4, -0.2) is 39.1 Å². The smallest absolute Gasteiger partial charge is 0.233 e. The van der Waals surface area contributed by atoms with E-state index >= 15 is 0 Å². The molecule has 0 aliphatic carbocycles. The van der Waals surface area contributed by atoms with Gasteiger partial charge >= 0.3 is 0 Å². The topological polar surface area (TPSA) is 69.0 Å². The van der Waals surface area contributed by atoms with Crippen molar-refractivity contribution in [1.82, 2.24) is 20.1 Å². The standard InChI is InChI=1S/C22H26N4O2S/c1-16(12-13-18-8-5-4-6-9-18)24-21(27)17(2)29-22-25-23-15-26(22)19-10-7-11-20(14-19)28-3/h4-11,14-17H,12-13H2,1-3H3,(H,24,27)/t16-,17+/m0/s1. The van der Waals surface area contributed by atoms with E-state index in [2.05, 4.69) is 27.6 Å². The SMILES string of the molecule is COc1cccc(-n2cnnc2S[C@H](C)C(=O)N[C@@H](C)CCc2ccccc2)c1. The maximum Gasteiger partial charge on any atom is 0.233 e. The van der Waals surface area contributed by atoms with Gasteiger partial charge in [-0.05, 0) is 44.4 Å². The second-order valence-electron chi connectivity index (χ2n) is 6.88. The minimum atomic E-state index is -0.289. The lowest BCUT2D eigenvalue weighted by Gasteiger charge is -2.17. The molecule has 6 nitrogen and oxygen atoms in total. The van der Waals surface area contributed by atoms with E-state index in [1.165, 1.54) is 17.3 Å². The van der Waals surface area contributed by atoms with Crippen molar-refractivity contribution in [3.8, 4) is 11.4 Å². The highest BCUT2D eigenvalue weighted by Gasteiger charge is 2.20. The lowest BCUT2D eigenvalue weighted by molar-refractivity contribution is -0.120. The first-order valence-electron chi connectivity index (χ1n) is 9.62. The Hall–Kier alpha value is -2.80. The molecular formula is C22H26N4O2S. The fraction of sp³-hybridized carbons (Fsp3) is 0.318. The zero-order valence-electron chi connectivity index (χ0n) is 16.9. The van der Waals surface area contributed by atoms with Crippen molar-refractivity contribution in [3.05, 3.63) is 66.5 Å². The maximum atomic E-state index is 12.6. The highest BCUT2D eigenvalue weighted by Crippen LogP contribution is 2.25. The zero-order chi connectivity index (χ0) is 20.6. The molecule has 0 spiro atoms. The van der Waals surface area contributed by atoms with Crippen LogP contribution in [0.1, 0.15) is 25.8 Å². The average molecular weight is 411 g/mol. The van der Waals surface area contributed by atoms with Crippen LogP contribution in [0.4, 0.5) is 0 Å². The Morgan fingerprint density at radius 1 is 1.17 bits per heavy atom. The summed E-state index contributed by atoms with van der Waals surface area (Å²) in [7, 11) is 1.63. The number of hydrogen-bond acceptors (Lipinski definition) is 5. The van der Waals surface area contributed by atoms with Crippen molar-refractivity contribution < 1.29 is 9.53 Å². The molecule has 1 N–H and O–H groups in total. The van der Waals surface area contributed by atoms with Crippen molar-refractivity contribution in [3.63, 3.8) is 0 Å². The molecule has 1 heterocycles. The molecule has 0 fully saturated rings. The number of benzene rings is 2. The number of thioether (sulfide) groups is 1. The quantitative estimate of drug-likeness (QED) is 0.542. The second kappa shape index (κ2) is 10.1. The van der Waals surface area contributed by atoms with Crippen LogP contribution in [0.15, 0.2) is 66.1 Å². The number of ether oxygens (including phenoxy) is 1. The predicted molar refractivity (Wildman–Crippen MR) is 116 cm³/mol. The van der Waals surface area contributed by atoms with E-state index in [1.54, 1.807) is 13.4 Å². The summed E-state index contributed by atoms with van der Waals surface area (Å²) in [5.74, 6) is 0.751. The van der Waals surface area contributed by atoms with Crippen molar-refractivity contribution in [2.24, 2.45) is 0 Å². The molecule has 2 atom stereocenters. The van der Waals surface area contributed by atoms with Crippen LogP contribution in [0.2, 0.25) is 0 Å². The molecule has 1 amide bonds. The molecule has 0 radical (unpaired) electrons. The monoisotopic (exact) mass is 410 g/mol. The molecule has 1 aromatic heterocycles. The number of hydrogen-bond donors (Lipinski definition) is 1. The zero-order valence-corrected chi connectivity index (χ0v) is 17.7. The summed E-state index contributed by atoms with van der Waals surface area (Å²) in [5.41, 5.74) is 2.17. The number of aromatic nitrogens is 3. The van der Waals surface area contributed by atoms with Gasteiger partial charge < -0.3 is 10.1 Å². The highest BCUT2D eigenvalue weighted by molar-refractivity contribution is 8.00.